The number of methoxy groups -OCH3 is 1. The molecule has 1 unspecified atom stereocenters. The Labute approximate surface area is 162 Å². The van der Waals surface area contributed by atoms with E-state index < -0.39 is 0 Å². The number of hydrogen-bond donors (Lipinski definition) is 0. The van der Waals surface area contributed by atoms with Crippen molar-refractivity contribution in [1.82, 2.24) is 9.47 Å². The van der Waals surface area contributed by atoms with Gasteiger partial charge in [-0.25, -0.2) is 0 Å². The van der Waals surface area contributed by atoms with E-state index in [-0.39, 0.29) is 0 Å². The molecule has 4 rings (SSSR count). The lowest BCUT2D eigenvalue weighted by atomic mass is 9.98. The summed E-state index contributed by atoms with van der Waals surface area (Å²) in [6.07, 6.45) is 2.18. The zero-order chi connectivity index (χ0) is 19.0. The van der Waals surface area contributed by atoms with E-state index in [2.05, 4.69) is 72.7 Å². The maximum Gasteiger partial charge on any atom is 0.118 e. The molecule has 2 heterocycles. The summed E-state index contributed by atoms with van der Waals surface area (Å²) in [6.45, 7) is 10.1. The van der Waals surface area contributed by atoms with Crippen molar-refractivity contribution in [1.29, 1.82) is 0 Å². The van der Waals surface area contributed by atoms with E-state index in [1.807, 2.05) is 0 Å². The van der Waals surface area contributed by atoms with Crippen molar-refractivity contribution in [2.45, 2.75) is 52.7 Å². The Kier molecular flexibility index (Phi) is 4.96. The van der Waals surface area contributed by atoms with Crippen LogP contribution in [0.2, 0.25) is 0 Å². The molecule has 0 saturated carbocycles. The van der Waals surface area contributed by atoms with Crippen LogP contribution < -0.4 is 4.74 Å². The number of nitrogens with zero attached hydrogens (tertiary/aromatic N) is 2. The highest BCUT2D eigenvalue weighted by atomic mass is 16.5. The molecule has 3 aromatic rings. The molecule has 142 valence electrons. The Morgan fingerprint density at radius 1 is 1.11 bits per heavy atom. The van der Waals surface area contributed by atoms with Crippen molar-refractivity contribution in [3.8, 4) is 5.75 Å². The highest BCUT2D eigenvalue weighted by Crippen LogP contribution is 2.33. The van der Waals surface area contributed by atoms with Gasteiger partial charge in [0, 0.05) is 42.1 Å². The minimum Gasteiger partial charge on any atom is -0.497 e. The van der Waals surface area contributed by atoms with E-state index in [4.69, 9.17) is 4.74 Å². The summed E-state index contributed by atoms with van der Waals surface area (Å²) in [5.74, 6) is 0.923. The monoisotopic (exact) mass is 362 g/mol. The van der Waals surface area contributed by atoms with Crippen LogP contribution in [0.4, 0.5) is 0 Å². The van der Waals surface area contributed by atoms with Gasteiger partial charge in [0.25, 0.3) is 0 Å². The minimum atomic E-state index is 0.604. The molecule has 3 nitrogen and oxygen atoms in total. The quantitative estimate of drug-likeness (QED) is 0.638. The molecule has 0 amide bonds. The van der Waals surface area contributed by atoms with Gasteiger partial charge in [-0.2, -0.15) is 0 Å². The molecule has 0 fully saturated rings. The topological polar surface area (TPSA) is 17.4 Å². The molecule has 1 aromatic heterocycles. The third-order valence-corrected chi connectivity index (χ3v) is 6.10. The number of hydrogen-bond acceptors (Lipinski definition) is 2. The van der Waals surface area contributed by atoms with Gasteiger partial charge in [0.1, 0.15) is 5.75 Å². The van der Waals surface area contributed by atoms with E-state index in [0.717, 1.165) is 38.2 Å². The van der Waals surface area contributed by atoms with Crippen molar-refractivity contribution < 1.29 is 4.74 Å². The number of likely N-dealkylation sites (N-methyl/N-ethyl adjacent to an activating group) is 1. The molecule has 0 radical (unpaired) electrons. The Balaban J connectivity index is 1.70. The second-order valence-electron chi connectivity index (χ2n) is 7.81. The average molecular weight is 363 g/mol. The first-order valence-electron chi connectivity index (χ1n) is 10.1. The standard InChI is InChI=1S/C24H30N2O/c1-5-25-16-22-21-14-17(2)6-11-23(21)26(24(22)15-18(25)3)13-12-19-7-9-20(27-4)10-8-19/h6-11,14,18H,5,12-13,15-16H2,1-4H3. The molecule has 3 heteroatoms. The fourth-order valence-electron chi connectivity index (χ4n) is 4.48. The molecule has 0 N–H and O–H groups in total. The Morgan fingerprint density at radius 3 is 2.59 bits per heavy atom. The van der Waals surface area contributed by atoms with Crippen LogP contribution in [0.3, 0.4) is 0 Å². The van der Waals surface area contributed by atoms with Crippen molar-refractivity contribution in [2.75, 3.05) is 13.7 Å². The van der Waals surface area contributed by atoms with Crippen molar-refractivity contribution >= 4 is 10.9 Å². The summed E-state index contributed by atoms with van der Waals surface area (Å²) in [4.78, 5) is 2.60. The van der Waals surface area contributed by atoms with Gasteiger partial charge >= 0.3 is 0 Å². The summed E-state index contributed by atoms with van der Waals surface area (Å²) in [5.41, 5.74) is 7.19. The second-order valence-corrected chi connectivity index (χ2v) is 7.81. The predicted molar refractivity (Wildman–Crippen MR) is 113 cm³/mol. The third-order valence-electron chi connectivity index (χ3n) is 6.10. The second kappa shape index (κ2) is 7.40. The highest BCUT2D eigenvalue weighted by Gasteiger charge is 2.27. The molecular formula is C24H30N2O. The van der Waals surface area contributed by atoms with Gasteiger partial charge in [0.05, 0.1) is 7.11 Å². The van der Waals surface area contributed by atoms with Gasteiger partial charge < -0.3 is 9.30 Å². The fourth-order valence-corrected chi connectivity index (χ4v) is 4.48. The first-order valence-corrected chi connectivity index (χ1v) is 10.1. The fraction of sp³-hybridized carbons (Fsp3) is 0.417. The van der Waals surface area contributed by atoms with Gasteiger partial charge in [0.2, 0.25) is 0 Å². The first-order chi connectivity index (χ1) is 13.1. The van der Waals surface area contributed by atoms with Crippen molar-refractivity contribution in [3.63, 3.8) is 0 Å². The molecule has 1 atom stereocenters. The first kappa shape index (κ1) is 18.1. The van der Waals surface area contributed by atoms with Gasteiger partial charge in [-0.1, -0.05) is 30.7 Å². The zero-order valence-corrected chi connectivity index (χ0v) is 17.0. The molecule has 0 saturated heterocycles. The molecule has 2 aromatic carbocycles. The zero-order valence-electron chi connectivity index (χ0n) is 17.0. The predicted octanol–water partition coefficient (Wildman–Crippen LogP) is 4.97. The van der Waals surface area contributed by atoms with E-state index >= 15 is 0 Å². The lowest BCUT2D eigenvalue weighted by Crippen LogP contribution is -2.38. The lowest BCUT2D eigenvalue weighted by molar-refractivity contribution is 0.192. The number of benzene rings is 2. The maximum absolute atomic E-state index is 5.29. The molecule has 1 aliphatic rings. The highest BCUT2D eigenvalue weighted by molar-refractivity contribution is 5.86. The number of aryl methyl sites for hydroxylation is 3. The third kappa shape index (κ3) is 3.37. The van der Waals surface area contributed by atoms with Gasteiger partial charge in [-0.15, -0.1) is 0 Å². The van der Waals surface area contributed by atoms with Gasteiger partial charge in [0.15, 0.2) is 0 Å². The van der Waals surface area contributed by atoms with Crippen LogP contribution in [-0.2, 0) is 25.9 Å². The molecule has 0 bridgehead atoms. The summed E-state index contributed by atoms with van der Waals surface area (Å²) in [5, 5.41) is 1.45. The molecule has 27 heavy (non-hydrogen) atoms. The normalized spacial score (nSPS) is 17.3. The number of fused-ring (bicyclic) bond motifs is 3. The summed E-state index contributed by atoms with van der Waals surface area (Å²) < 4.78 is 7.87. The Bertz CT molecular complexity index is 939. The summed E-state index contributed by atoms with van der Waals surface area (Å²) in [6, 6.07) is 16.0. The lowest BCUT2D eigenvalue weighted by Gasteiger charge is -2.33. The van der Waals surface area contributed by atoms with Crippen LogP contribution in [-0.4, -0.2) is 29.2 Å². The molecule has 0 spiro atoms. The van der Waals surface area contributed by atoms with Crippen molar-refractivity contribution in [3.05, 3.63) is 64.8 Å². The Hall–Kier alpha value is -2.26. The molecular weight excluding hydrogens is 332 g/mol. The van der Waals surface area contributed by atoms with E-state index in [0.29, 0.717) is 6.04 Å². The number of rotatable bonds is 5. The average Bonchev–Trinajstić information content (AvgIpc) is 2.97. The van der Waals surface area contributed by atoms with E-state index in [1.165, 1.54) is 22.0 Å². The van der Waals surface area contributed by atoms with Crippen LogP contribution >= 0.6 is 0 Å². The SMILES string of the molecule is CCN1Cc2c(n(CCc3ccc(OC)cc3)c3ccc(C)cc23)CC1C. The smallest absolute Gasteiger partial charge is 0.118 e. The van der Waals surface area contributed by atoms with Crippen LogP contribution in [0.15, 0.2) is 42.5 Å². The van der Waals surface area contributed by atoms with E-state index in [1.54, 1.807) is 18.4 Å². The van der Waals surface area contributed by atoms with Gasteiger partial charge in [-0.3, -0.25) is 4.90 Å². The molecule has 0 aliphatic carbocycles. The van der Waals surface area contributed by atoms with Crippen LogP contribution in [0.5, 0.6) is 5.75 Å². The number of aromatic nitrogens is 1. The molecule has 1 aliphatic heterocycles. The Morgan fingerprint density at radius 2 is 1.89 bits per heavy atom. The summed E-state index contributed by atoms with van der Waals surface area (Å²) >= 11 is 0. The van der Waals surface area contributed by atoms with Crippen LogP contribution in [0.1, 0.15) is 36.2 Å². The van der Waals surface area contributed by atoms with Crippen molar-refractivity contribution in [2.24, 2.45) is 0 Å². The van der Waals surface area contributed by atoms with Gasteiger partial charge in [-0.05, 0) is 62.2 Å². The summed E-state index contributed by atoms with van der Waals surface area (Å²) in [7, 11) is 1.72. The van der Waals surface area contributed by atoms with E-state index in [9.17, 15) is 0 Å². The van der Waals surface area contributed by atoms with Crippen LogP contribution in [0, 0.1) is 6.92 Å². The number of ether oxygens (including phenoxy) is 1. The van der Waals surface area contributed by atoms with Crippen LogP contribution in [0.25, 0.3) is 10.9 Å². The minimum absolute atomic E-state index is 0.604. The largest absolute Gasteiger partial charge is 0.497 e. The maximum atomic E-state index is 5.29.